The van der Waals surface area contributed by atoms with Gasteiger partial charge < -0.3 is 10.2 Å². The molecule has 0 aromatic heterocycles. The molecule has 1 unspecified atom stereocenters. The zero-order valence-corrected chi connectivity index (χ0v) is 8.76. The minimum Gasteiger partial charge on any atom is -0.317 e. The summed E-state index contributed by atoms with van der Waals surface area (Å²) in [5.41, 5.74) is 0. The molecule has 0 radical (unpaired) electrons. The van der Waals surface area contributed by atoms with Crippen LogP contribution in [-0.2, 0) is 0 Å². The van der Waals surface area contributed by atoms with Gasteiger partial charge in [-0.25, -0.2) is 0 Å². The summed E-state index contributed by atoms with van der Waals surface area (Å²) in [6, 6.07) is 0. The second kappa shape index (κ2) is 4.43. The van der Waals surface area contributed by atoms with Gasteiger partial charge in [-0.05, 0) is 57.3 Å². The molecule has 76 valence electrons. The van der Waals surface area contributed by atoms with Crippen molar-refractivity contribution in [1.29, 1.82) is 0 Å². The van der Waals surface area contributed by atoms with Crippen LogP contribution in [0.15, 0.2) is 0 Å². The molecule has 2 nitrogen and oxygen atoms in total. The van der Waals surface area contributed by atoms with Crippen LogP contribution in [0.5, 0.6) is 0 Å². The Kier molecular flexibility index (Phi) is 3.23. The van der Waals surface area contributed by atoms with Crippen molar-refractivity contribution in [2.45, 2.75) is 26.2 Å². The van der Waals surface area contributed by atoms with Gasteiger partial charge in [-0.1, -0.05) is 6.92 Å². The van der Waals surface area contributed by atoms with Gasteiger partial charge in [-0.2, -0.15) is 0 Å². The largest absolute Gasteiger partial charge is 0.317 e. The average Bonchev–Trinajstić information content (AvgIpc) is 2.20. The van der Waals surface area contributed by atoms with Crippen LogP contribution in [0.4, 0.5) is 0 Å². The molecule has 2 bridgehead atoms. The van der Waals surface area contributed by atoms with E-state index in [2.05, 4.69) is 17.1 Å². The van der Waals surface area contributed by atoms with Gasteiger partial charge in [0, 0.05) is 6.54 Å². The van der Waals surface area contributed by atoms with Crippen LogP contribution < -0.4 is 5.32 Å². The molecule has 3 saturated heterocycles. The Bertz CT molecular complexity index is 150. The molecule has 3 aliphatic rings. The summed E-state index contributed by atoms with van der Waals surface area (Å²) >= 11 is 0. The lowest BCUT2D eigenvalue weighted by molar-refractivity contribution is 0.0470. The molecule has 0 aromatic rings. The van der Waals surface area contributed by atoms with Gasteiger partial charge in [0.2, 0.25) is 0 Å². The number of rotatable bonds is 4. The fourth-order valence-electron chi connectivity index (χ4n) is 2.88. The van der Waals surface area contributed by atoms with Crippen molar-refractivity contribution in [3.05, 3.63) is 0 Å². The van der Waals surface area contributed by atoms with E-state index in [-0.39, 0.29) is 0 Å². The fourth-order valence-corrected chi connectivity index (χ4v) is 2.88. The van der Waals surface area contributed by atoms with Crippen LogP contribution in [0.1, 0.15) is 26.2 Å². The van der Waals surface area contributed by atoms with E-state index in [9.17, 15) is 0 Å². The highest BCUT2D eigenvalue weighted by Gasteiger charge is 2.33. The third-order valence-corrected chi connectivity index (χ3v) is 3.73. The molecule has 0 amide bonds. The van der Waals surface area contributed by atoms with Crippen molar-refractivity contribution >= 4 is 0 Å². The SMILES string of the molecule is CCNCCC1CN2CCC1CC2. The molecular formula is C11H22N2. The van der Waals surface area contributed by atoms with Crippen LogP contribution in [-0.4, -0.2) is 37.6 Å². The first kappa shape index (κ1) is 9.47. The standard InChI is InChI=1S/C11H22N2/c1-2-12-6-3-11-9-13-7-4-10(11)5-8-13/h10-12H,2-9H2,1H3. The number of hydrogen-bond acceptors (Lipinski definition) is 2. The summed E-state index contributed by atoms with van der Waals surface area (Å²) in [4.78, 5) is 2.65. The van der Waals surface area contributed by atoms with Gasteiger partial charge in [-0.3, -0.25) is 0 Å². The third kappa shape index (κ3) is 2.23. The molecule has 1 N–H and O–H groups in total. The second-order valence-corrected chi connectivity index (χ2v) is 4.54. The van der Waals surface area contributed by atoms with Gasteiger partial charge in [-0.15, -0.1) is 0 Å². The summed E-state index contributed by atoms with van der Waals surface area (Å²) in [7, 11) is 0. The van der Waals surface area contributed by atoms with Gasteiger partial charge in [0.1, 0.15) is 0 Å². The maximum Gasteiger partial charge on any atom is 0.00128 e. The van der Waals surface area contributed by atoms with Crippen molar-refractivity contribution in [3.63, 3.8) is 0 Å². The number of fused-ring (bicyclic) bond motifs is 3. The van der Waals surface area contributed by atoms with Crippen LogP contribution in [0.3, 0.4) is 0 Å². The highest BCUT2D eigenvalue weighted by Crippen LogP contribution is 2.33. The highest BCUT2D eigenvalue weighted by atomic mass is 15.1. The van der Waals surface area contributed by atoms with E-state index in [1.54, 1.807) is 0 Å². The molecule has 2 heteroatoms. The average molecular weight is 182 g/mol. The van der Waals surface area contributed by atoms with Crippen molar-refractivity contribution in [2.24, 2.45) is 11.8 Å². The molecule has 0 aromatic carbocycles. The molecule has 3 fully saturated rings. The van der Waals surface area contributed by atoms with Crippen molar-refractivity contribution in [1.82, 2.24) is 10.2 Å². The number of nitrogens with one attached hydrogen (secondary N) is 1. The first-order valence-electron chi connectivity index (χ1n) is 5.83. The number of piperidine rings is 3. The molecule has 0 aliphatic carbocycles. The van der Waals surface area contributed by atoms with E-state index < -0.39 is 0 Å². The Balaban J connectivity index is 1.74. The molecule has 0 saturated carbocycles. The predicted octanol–water partition coefficient (Wildman–Crippen LogP) is 1.33. The molecule has 0 spiro atoms. The summed E-state index contributed by atoms with van der Waals surface area (Å²) in [5.74, 6) is 2.06. The van der Waals surface area contributed by atoms with E-state index >= 15 is 0 Å². The molecule has 3 rings (SSSR count). The maximum atomic E-state index is 3.44. The first-order valence-corrected chi connectivity index (χ1v) is 5.83. The summed E-state index contributed by atoms with van der Waals surface area (Å²) in [6.45, 7) is 8.68. The lowest BCUT2D eigenvalue weighted by atomic mass is 9.77. The fraction of sp³-hybridized carbons (Fsp3) is 1.00. The topological polar surface area (TPSA) is 15.3 Å². The van der Waals surface area contributed by atoms with Crippen LogP contribution in [0, 0.1) is 11.8 Å². The monoisotopic (exact) mass is 182 g/mol. The smallest absolute Gasteiger partial charge is 0.00128 e. The molecule has 13 heavy (non-hydrogen) atoms. The summed E-state index contributed by atoms with van der Waals surface area (Å²) in [5, 5.41) is 3.44. The Morgan fingerprint density at radius 3 is 2.62 bits per heavy atom. The minimum absolute atomic E-state index is 1.00. The molecule has 3 heterocycles. The van der Waals surface area contributed by atoms with E-state index in [4.69, 9.17) is 0 Å². The predicted molar refractivity (Wildman–Crippen MR) is 55.8 cm³/mol. The van der Waals surface area contributed by atoms with Crippen molar-refractivity contribution < 1.29 is 0 Å². The Labute approximate surface area is 81.7 Å². The Morgan fingerprint density at radius 1 is 1.31 bits per heavy atom. The number of hydrogen-bond donors (Lipinski definition) is 1. The van der Waals surface area contributed by atoms with Crippen molar-refractivity contribution in [3.8, 4) is 0 Å². The zero-order valence-electron chi connectivity index (χ0n) is 8.76. The second-order valence-electron chi connectivity index (χ2n) is 4.54. The van der Waals surface area contributed by atoms with Gasteiger partial charge >= 0.3 is 0 Å². The van der Waals surface area contributed by atoms with Crippen LogP contribution >= 0.6 is 0 Å². The normalized spacial score (nSPS) is 38.1. The highest BCUT2D eigenvalue weighted by molar-refractivity contribution is 4.86. The quantitative estimate of drug-likeness (QED) is 0.660. The lowest BCUT2D eigenvalue weighted by Gasteiger charge is -2.45. The summed E-state index contributed by atoms with van der Waals surface area (Å²) < 4.78 is 0. The zero-order chi connectivity index (χ0) is 9.10. The third-order valence-electron chi connectivity index (χ3n) is 3.73. The van der Waals surface area contributed by atoms with Gasteiger partial charge in [0.25, 0.3) is 0 Å². The molecule has 3 aliphatic heterocycles. The lowest BCUT2D eigenvalue weighted by Crippen LogP contribution is -2.47. The van der Waals surface area contributed by atoms with Crippen LogP contribution in [0.25, 0.3) is 0 Å². The van der Waals surface area contributed by atoms with Gasteiger partial charge in [0.05, 0.1) is 0 Å². The van der Waals surface area contributed by atoms with E-state index in [1.165, 1.54) is 45.4 Å². The Hall–Kier alpha value is -0.0800. The van der Waals surface area contributed by atoms with Gasteiger partial charge in [0.15, 0.2) is 0 Å². The first-order chi connectivity index (χ1) is 6.40. The summed E-state index contributed by atoms with van der Waals surface area (Å²) in [6.07, 6.45) is 4.34. The molecular weight excluding hydrogens is 160 g/mol. The van der Waals surface area contributed by atoms with E-state index in [1.807, 2.05) is 0 Å². The number of nitrogens with zero attached hydrogens (tertiary/aromatic N) is 1. The van der Waals surface area contributed by atoms with Crippen LogP contribution in [0.2, 0.25) is 0 Å². The van der Waals surface area contributed by atoms with E-state index in [0.29, 0.717) is 0 Å². The Morgan fingerprint density at radius 2 is 2.08 bits per heavy atom. The maximum absolute atomic E-state index is 3.44. The minimum atomic E-state index is 1.00. The molecule has 1 atom stereocenters. The van der Waals surface area contributed by atoms with Crippen molar-refractivity contribution in [2.75, 3.05) is 32.7 Å². The van der Waals surface area contributed by atoms with E-state index in [0.717, 1.165) is 18.4 Å².